The Morgan fingerprint density at radius 1 is 0.885 bits per heavy atom. The quantitative estimate of drug-likeness (QED) is 0.583. The molecule has 0 aromatic carbocycles. The highest BCUT2D eigenvalue weighted by Gasteiger charge is 2.60. The van der Waals surface area contributed by atoms with Gasteiger partial charge in [-0.15, -0.1) is 6.58 Å². The van der Waals surface area contributed by atoms with Gasteiger partial charge in [-0.05, 0) is 51.4 Å². The molecule has 2 heterocycles. The van der Waals surface area contributed by atoms with Crippen LogP contribution in [0.15, 0.2) is 12.7 Å². The molecular weight excluding hydrogens is 328 g/mol. The summed E-state index contributed by atoms with van der Waals surface area (Å²) in [4.78, 5) is 0. The summed E-state index contributed by atoms with van der Waals surface area (Å²) < 4.78 is 22.9. The van der Waals surface area contributed by atoms with Crippen molar-refractivity contribution in [3.8, 4) is 0 Å². The summed E-state index contributed by atoms with van der Waals surface area (Å²) in [7, 11) is 3.58. The Kier molecular flexibility index (Phi) is 6.18. The first kappa shape index (κ1) is 20.3. The first-order valence-electron chi connectivity index (χ1n) is 10.6. The number of allylic oxidation sites excluding steroid dienone is 1. The lowest BCUT2D eigenvalue weighted by Crippen LogP contribution is -2.42. The van der Waals surface area contributed by atoms with Crippen molar-refractivity contribution in [3.63, 3.8) is 0 Å². The van der Waals surface area contributed by atoms with Gasteiger partial charge in [-0.2, -0.15) is 0 Å². The van der Waals surface area contributed by atoms with Gasteiger partial charge in [0.2, 0.25) is 0 Å². The van der Waals surface area contributed by atoms with Gasteiger partial charge in [0.25, 0.3) is 0 Å². The molecule has 2 saturated heterocycles. The van der Waals surface area contributed by atoms with Gasteiger partial charge < -0.3 is 18.9 Å². The average molecular weight is 369 g/mol. The predicted molar refractivity (Wildman–Crippen MR) is 105 cm³/mol. The maximum absolute atomic E-state index is 5.85. The lowest BCUT2D eigenvalue weighted by Gasteiger charge is -2.37. The lowest BCUT2D eigenvalue weighted by atomic mass is 9.76. The van der Waals surface area contributed by atoms with Gasteiger partial charge in [0.05, 0.1) is 13.2 Å². The minimum atomic E-state index is -0.277. The fourth-order valence-electron chi connectivity index (χ4n) is 6.44. The van der Waals surface area contributed by atoms with Crippen LogP contribution in [0.3, 0.4) is 0 Å². The summed E-state index contributed by atoms with van der Waals surface area (Å²) in [5.74, 6) is -0.482. The molecule has 4 rings (SSSR count). The monoisotopic (exact) mass is 368 g/mol. The third kappa shape index (κ3) is 2.97. The Hall–Kier alpha value is -0.420. The molecule has 4 heteroatoms. The van der Waals surface area contributed by atoms with Crippen LogP contribution >= 0.6 is 0 Å². The van der Waals surface area contributed by atoms with Gasteiger partial charge in [0, 0.05) is 39.3 Å². The summed E-state index contributed by atoms with van der Waals surface area (Å²) in [5, 5.41) is 0. The molecule has 2 saturated carbocycles. The second kappa shape index (κ2) is 7.90. The number of fused-ring (bicyclic) bond motifs is 2. The van der Waals surface area contributed by atoms with Gasteiger partial charge in [-0.1, -0.05) is 19.4 Å². The molecule has 26 heavy (non-hydrogen) atoms. The zero-order chi connectivity index (χ0) is 18.7. The Balaban J connectivity index is 0.000000187. The normalized spacial score (nSPS) is 43.7. The second-order valence-corrected chi connectivity index (χ2v) is 8.62. The van der Waals surface area contributed by atoms with Crippen molar-refractivity contribution in [2.45, 2.75) is 89.1 Å². The molecule has 0 N–H and O–H groups in total. The summed E-state index contributed by atoms with van der Waals surface area (Å²) >= 11 is 0. The fourth-order valence-corrected chi connectivity index (χ4v) is 6.44. The van der Waals surface area contributed by atoms with Crippen LogP contribution in [-0.2, 0) is 18.9 Å². The van der Waals surface area contributed by atoms with Gasteiger partial charge in [0.15, 0.2) is 11.6 Å². The summed E-state index contributed by atoms with van der Waals surface area (Å²) in [6.07, 6.45) is 15.1. The van der Waals surface area contributed by atoms with E-state index in [-0.39, 0.29) is 18.4 Å². The van der Waals surface area contributed by atoms with Crippen LogP contribution in [-0.4, -0.2) is 39.0 Å². The first-order chi connectivity index (χ1) is 12.6. The van der Waals surface area contributed by atoms with E-state index in [2.05, 4.69) is 13.5 Å². The van der Waals surface area contributed by atoms with Crippen LogP contribution in [0.5, 0.6) is 0 Å². The fraction of sp³-hybridized carbons (Fsp3) is 0.909. The topological polar surface area (TPSA) is 36.9 Å². The Morgan fingerprint density at radius 2 is 1.42 bits per heavy atom. The van der Waals surface area contributed by atoms with Crippen molar-refractivity contribution in [3.05, 3.63) is 12.7 Å². The van der Waals surface area contributed by atoms with Crippen molar-refractivity contribution >= 4 is 0 Å². The molecule has 4 nitrogen and oxygen atoms in total. The Labute approximate surface area is 161 Å². The van der Waals surface area contributed by atoms with Crippen LogP contribution in [0.25, 0.3) is 0 Å². The van der Waals surface area contributed by atoms with Crippen molar-refractivity contribution in [1.29, 1.82) is 0 Å². The molecule has 4 atom stereocenters. The van der Waals surface area contributed by atoms with Crippen molar-refractivity contribution in [2.24, 2.45) is 10.8 Å². The molecule has 0 aromatic heterocycles. The van der Waals surface area contributed by atoms with E-state index in [1.807, 2.05) is 6.08 Å². The number of hydrogen-bond donors (Lipinski definition) is 0. The predicted octanol–water partition coefficient (Wildman–Crippen LogP) is 5.46. The standard InChI is InChI=1S/C11H20O2.C11H18O2.H2/c2*1-3-5-10-6-4-7-11(10,12-2)13-9-8-10;/h3-9H2,1-2H3;3H,1,4-9H2,2H3;1H. The lowest BCUT2D eigenvalue weighted by molar-refractivity contribution is -0.233. The minimum Gasteiger partial charge on any atom is -0.353 e. The maximum atomic E-state index is 5.85. The summed E-state index contributed by atoms with van der Waals surface area (Å²) in [5.41, 5.74) is 0.597. The van der Waals surface area contributed by atoms with Crippen LogP contribution in [0, 0.1) is 10.8 Å². The van der Waals surface area contributed by atoms with E-state index in [9.17, 15) is 0 Å². The molecule has 2 aliphatic heterocycles. The smallest absolute Gasteiger partial charge is 0.173 e. The van der Waals surface area contributed by atoms with Crippen LogP contribution < -0.4 is 0 Å². The van der Waals surface area contributed by atoms with Crippen molar-refractivity contribution < 1.29 is 20.4 Å². The van der Waals surface area contributed by atoms with Crippen molar-refractivity contribution in [2.75, 3.05) is 27.4 Å². The van der Waals surface area contributed by atoms with E-state index in [4.69, 9.17) is 18.9 Å². The van der Waals surface area contributed by atoms with E-state index in [1.165, 1.54) is 44.9 Å². The molecule has 4 aliphatic rings. The van der Waals surface area contributed by atoms with E-state index in [0.29, 0.717) is 5.41 Å². The molecule has 0 bridgehead atoms. The number of hydrogen-bond acceptors (Lipinski definition) is 4. The number of methoxy groups -OCH3 is 2. The molecule has 0 spiro atoms. The number of rotatable bonds is 6. The van der Waals surface area contributed by atoms with Crippen LogP contribution in [0.4, 0.5) is 0 Å². The summed E-state index contributed by atoms with van der Waals surface area (Å²) in [6.45, 7) is 7.83. The van der Waals surface area contributed by atoms with Gasteiger partial charge >= 0.3 is 0 Å². The van der Waals surface area contributed by atoms with Crippen LogP contribution in [0.2, 0.25) is 0 Å². The zero-order valence-electron chi connectivity index (χ0n) is 17.1. The molecule has 0 radical (unpaired) electrons. The highest BCUT2D eigenvalue weighted by atomic mass is 16.7. The maximum Gasteiger partial charge on any atom is 0.173 e. The molecular formula is C22H40O4. The number of ether oxygens (including phenoxy) is 4. The zero-order valence-corrected chi connectivity index (χ0v) is 17.1. The van der Waals surface area contributed by atoms with Crippen molar-refractivity contribution in [1.82, 2.24) is 0 Å². The minimum absolute atomic E-state index is 0. The van der Waals surface area contributed by atoms with Gasteiger partial charge in [0.1, 0.15) is 0 Å². The molecule has 4 fully saturated rings. The Bertz CT molecular complexity index is 473. The molecule has 0 aromatic rings. The van der Waals surface area contributed by atoms with Crippen LogP contribution in [0.1, 0.15) is 79.0 Å². The molecule has 0 amide bonds. The SMILES string of the molecule is C=CCC12CCCC1(OC)OCC2.CCCC12CCCC1(OC)OCC2.[HH]. The van der Waals surface area contributed by atoms with E-state index < -0.39 is 0 Å². The van der Waals surface area contributed by atoms with E-state index >= 15 is 0 Å². The Morgan fingerprint density at radius 3 is 1.96 bits per heavy atom. The highest BCUT2D eigenvalue weighted by Crippen LogP contribution is 2.58. The van der Waals surface area contributed by atoms with E-state index in [1.54, 1.807) is 14.2 Å². The third-order valence-corrected chi connectivity index (χ3v) is 7.69. The average Bonchev–Trinajstić information content (AvgIpc) is 3.32. The largest absolute Gasteiger partial charge is 0.353 e. The highest BCUT2D eigenvalue weighted by molar-refractivity contribution is 5.05. The molecule has 2 aliphatic carbocycles. The summed E-state index contributed by atoms with van der Waals surface area (Å²) in [6, 6.07) is 0. The third-order valence-electron chi connectivity index (χ3n) is 7.69. The molecule has 152 valence electrons. The first-order valence-corrected chi connectivity index (χ1v) is 10.6. The second-order valence-electron chi connectivity index (χ2n) is 8.62. The van der Waals surface area contributed by atoms with Gasteiger partial charge in [-0.3, -0.25) is 0 Å². The molecule has 4 unspecified atom stereocenters. The van der Waals surface area contributed by atoms with E-state index in [0.717, 1.165) is 38.9 Å². The van der Waals surface area contributed by atoms with Gasteiger partial charge in [-0.25, -0.2) is 0 Å².